The molecule has 0 aliphatic heterocycles. The second-order valence-corrected chi connectivity index (χ2v) is 12.5. The van der Waals surface area contributed by atoms with Crippen LogP contribution in [0.15, 0.2) is 176 Å². The SMILES string of the molecule is c1ccc(-c2cc(-c3ccccc3)nc(-n3c4ccccc4c4cccc(-c5ccc6c(c5)c5cccnc5n6-c5ccccc5)c43)n2)cc1. The molecule has 6 aromatic carbocycles. The van der Waals surface area contributed by atoms with Crippen molar-refractivity contribution < 1.29 is 0 Å². The summed E-state index contributed by atoms with van der Waals surface area (Å²) in [4.78, 5) is 15.4. The average Bonchev–Trinajstić information content (AvgIpc) is 3.71. The summed E-state index contributed by atoms with van der Waals surface area (Å²) >= 11 is 0. The number of hydrogen-bond acceptors (Lipinski definition) is 3. The molecule has 0 spiro atoms. The first kappa shape index (κ1) is 28.2. The Morgan fingerprint density at radius 1 is 0.400 bits per heavy atom. The minimum absolute atomic E-state index is 0.634. The Hall–Kier alpha value is -6.85. The normalized spacial score (nSPS) is 11.6. The summed E-state index contributed by atoms with van der Waals surface area (Å²) in [5.41, 5.74) is 11.3. The molecule has 4 heterocycles. The van der Waals surface area contributed by atoms with E-state index in [0.717, 1.165) is 83.1 Å². The van der Waals surface area contributed by atoms with Gasteiger partial charge in [-0.1, -0.05) is 121 Å². The average molecular weight is 640 g/mol. The van der Waals surface area contributed by atoms with Crippen molar-refractivity contribution in [3.63, 3.8) is 0 Å². The van der Waals surface area contributed by atoms with Crippen LogP contribution in [0.1, 0.15) is 0 Å². The molecular formula is C45H29N5. The number of fused-ring (bicyclic) bond motifs is 6. The fourth-order valence-corrected chi connectivity index (χ4v) is 7.36. The number of benzene rings is 6. The van der Waals surface area contributed by atoms with E-state index < -0.39 is 0 Å². The number of aromatic nitrogens is 5. The van der Waals surface area contributed by atoms with Gasteiger partial charge in [0.05, 0.1) is 27.9 Å². The summed E-state index contributed by atoms with van der Waals surface area (Å²) in [6.45, 7) is 0. The number of pyridine rings is 1. The summed E-state index contributed by atoms with van der Waals surface area (Å²) in [6.07, 6.45) is 1.87. The summed E-state index contributed by atoms with van der Waals surface area (Å²) in [7, 11) is 0. The summed E-state index contributed by atoms with van der Waals surface area (Å²) in [6, 6.07) is 59.3. The Morgan fingerprint density at radius 2 is 1.02 bits per heavy atom. The molecule has 0 atom stereocenters. The van der Waals surface area contributed by atoms with E-state index >= 15 is 0 Å². The highest BCUT2D eigenvalue weighted by Gasteiger charge is 2.21. The zero-order chi connectivity index (χ0) is 33.0. The van der Waals surface area contributed by atoms with Gasteiger partial charge in [-0.3, -0.25) is 9.13 Å². The molecule has 0 unspecified atom stereocenters. The quantitative estimate of drug-likeness (QED) is 0.188. The Kier molecular flexibility index (Phi) is 6.42. The van der Waals surface area contributed by atoms with E-state index in [4.69, 9.17) is 15.0 Å². The smallest absolute Gasteiger partial charge is 0.235 e. The van der Waals surface area contributed by atoms with Crippen LogP contribution in [0.3, 0.4) is 0 Å². The third-order valence-corrected chi connectivity index (χ3v) is 9.60. The first-order valence-electron chi connectivity index (χ1n) is 16.8. The van der Waals surface area contributed by atoms with Crippen LogP contribution in [-0.2, 0) is 0 Å². The minimum Gasteiger partial charge on any atom is -0.294 e. The van der Waals surface area contributed by atoms with Gasteiger partial charge in [0.15, 0.2) is 0 Å². The van der Waals surface area contributed by atoms with Crippen molar-refractivity contribution in [1.29, 1.82) is 0 Å². The standard InChI is InChI=1S/C45H29N5/c1-4-14-30(15-5-1)39-29-40(31-16-6-2-7-17-31)48-45(47-39)50-41-24-11-10-20-35(41)36-22-12-21-34(43(36)50)32-25-26-42-38(28-32)37-23-13-27-46-44(37)49(42)33-18-8-3-9-19-33/h1-29H. The number of hydrogen-bond donors (Lipinski definition) is 0. The Bertz CT molecular complexity index is 2800. The molecule has 10 rings (SSSR count). The van der Waals surface area contributed by atoms with E-state index in [2.05, 4.69) is 155 Å². The number of rotatable bonds is 5. The molecule has 5 nitrogen and oxygen atoms in total. The van der Waals surface area contributed by atoms with Crippen LogP contribution < -0.4 is 0 Å². The highest BCUT2D eigenvalue weighted by atomic mass is 15.2. The molecule has 50 heavy (non-hydrogen) atoms. The van der Waals surface area contributed by atoms with Gasteiger partial charge in [0.1, 0.15) is 5.65 Å². The molecule has 10 aromatic rings. The van der Waals surface area contributed by atoms with E-state index in [1.54, 1.807) is 0 Å². The second-order valence-electron chi connectivity index (χ2n) is 12.5. The van der Waals surface area contributed by atoms with Crippen molar-refractivity contribution in [2.24, 2.45) is 0 Å². The first-order valence-corrected chi connectivity index (χ1v) is 16.8. The van der Waals surface area contributed by atoms with Crippen molar-refractivity contribution in [3.05, 3.63) is 176 Å². The predicted molar refractivity (Wildman–Crippen MR) is 205 cm³/mol. The maximum atomic E-state index is 5.27. The topological polar surface area (TPSA) is 48.5 Å². The predicted octanol–water partition coefficient (Wildman–Crippen LogP) is 11.1. The molecule has 234 valence electrons. The van der Waals surface area contributed by atoms with Crippen LogP contribution in [0.5, 0.6) is 0 Å². The Labute approximate surface area is 288 Å². The molecule has 0 aliphatic rings. The fourth-order valence-electron chi connectivity index (χ4n) is 7.36. The Balaban J connectivity index is 1.27. The van der Waals surface area contributed by atoms with Crippen LogP contribution in [0.4, 0.5) is 0 Å². The van der Waals surface area contributed by atoms with Gasteiger partial charge in [-0.2, -0.15) is 0 Å². The van der Waals surface area contributed by atoms with E-state index in [-0.39, 0.29) is 0 Å². The third kappa shape index (κ3) is 4.45. The van der Waals surface area contributed by atoms with Gasteiger partial charge >= 0.3 is 0 Å². The molecule has 0 bridgehead atoms. The molecule has 0 fully saturated rings. The third-order valence-electron chi connectivity index (χ3n) is 9.60. The van der Waals surface area contributed by atoms with Gasteiger partial charge in [0.25, 0.3) is 0 Å². The van der Waals surface area contributed by atoms with Gasteiger partial charge in [0, 0.05) is 50.1 Å². The molecule has 0 aliphatic carbocycles. The van der Waals surface area contributed by atoms with E-state index in [1.165, 1.54) is 0 Å². The van der Waals surface area contributed by atoms with Crippen LogP contribution in [-0.4, -0.2) is 24.1 Å². The van der Waals surface area contributed by atoms with Crippen molar-refractivity contribution in [2.45, 2.75) is 0 Å². The summed E-state index contributed by atoms with van der Waals surface area (Å²) in [5, 5.41) is 4.59. The van der Waals surface area contributed by atoms with E-state index in [1.807, 2.05) is 30.5 Å². The lowest BCUT2D eigenvalue weighted by Gasteiger charge is -2.14. The maximum Gasteiger partial charge on any atom is 0.235 e. The van der Waals surface area contributed by atoms with Gasteiger partial charge in [-0.15, -0.1) is 0 Å². The van der Waals surface area contributed by atoms with Crippen molar-refractivity contribution in [1.82, 2.24) is 24.1 Å². The lowest BCUT2D eigenvalue weighted by molar-refractivity contribution is 0.996. The lowest BCUT2D eigenvalue weighted by Crippen LogP contribution is -2.04. The molecule has 5 heteroatoms. The van der Waals surface area contributed by atoms with Gasteiger partial charge in [-0.05, 0) is 54.1 Å². The zero-order valence-electron chi connectivity index (χ0n) is 27.0. The van der Waals surface area contributed by atoms with Crippen LogP contribution in [0.25, 0.3) is 89.0 Å². The second kappa shape index (κ2) is 11.4. The Morgan fingerprint density at radius 3 is 1.76 bits per heavy atom. The summed E-state index contributed by atoms with van der Waals surface area (Å²) in [5.74, 6) is 0.634. The largest absolute Gasteiger partial charge is 0.294 e. The molecule has 0 N–H and O–H groups in total. The van der Waals surface area contributed by atoms with Crippen molar-refractivity contribution in [2.75, 3.05) is 0 Å². The monoisotopic (exact) mass is 639 g/mol. The van der Waals surface area contributed by atoms with Crippen LogP contribution >= 0.6 is 0 Å². The molecule has 0 radical (unpaired) electrons. The van der Waals surface area contributed by atoms with E-state index in [9.17, 15) is 0 Å². The van der Waals surface area contributed by atoms with Crippen LogP contribution in [0.2, 0.25) is 0 Å². The van der Waals surface area contributed by atoms with Gasteiger partial charge in [0.2, 0.25) is 5.95 Å². The fraction of sp³-hybridized carbons (Fsp3) is 0. The van der Waals surface area contributed by atoms with Crippen molar-refractivity contribution >= 4 is 43.7 Å². The molecule has 0 saturated carbocycles. The first-order chi connectivity index (χ1) is 24.8. The minimum atomic E-state index is 0.634. The highest BCUT2D eigenvalue weighted by Crippen LogP contribution is 2.40. The number of nitrogens with zero attached hydrogens (tertiary/aromatic N) is 5. The van der Waals surface area contributed by atoms with Gasteiger partial charge < -0.3 is 0 Å². The molecule has 0 amide bonds. The molecular weight excluding hydrogens is 611 g/mol. The maximum absolute atomic E-state index is 5.27. The highest BCUT2D eigenvalue weighted by molar-refractivity contribution is 6.15. The molecule has 4 aromatic heterocycles. The zero-order valence-corrected chi connectivity index (χ0v) is 27.0. The van der Waals surface area contributed by atoms with E-state index in [0.29, 0.717) is 5.95 Å². The lowest BCUT2D eigenvalue weighted by atomic mass is 10.00. The van der Waals surface area contributed by atoms with Crippen molar-refractivity contribution in [3.8, 4) is 45.3 Å². The summed E-state index contributed by atoms with van der Waals surface area (Å²) < 4.78 is 4.50. The molecule has 0 saturated heterocycles. The number of para-hydroxylation sites is 3. The van der Waals surface area contributed by atoms with Gasteiger partial charge in [-0.25, -0.2) is 15.0 Å². The van der Waals surface area contributed by atoms with Crippen LogP contribution in [0, 0.1) is 0 Å².